The molecular formula is C33H40FN4NaO5. The van der Waals surface area contributed by atoms with Crippen LogP contribution in [-0.2, 0) is 11.2 Å². The van der Waals surface area contributed by atoms with Crippen LogP contribution in [-0.4, -0.2) is 83.7 Å². The number of aryl methyl sites for hydroxylation is 1. The van der Waals surface area contributed by atoms with Gasteiger partial charge in [0.2, 0.25) is 0 Å². The molecule has 0 aliphatic heterocycles. The van der Waals surface area contributed by atoms with Crippen molar-refractivity contribution >= 4 is 41.4 Å². The molecular weight excluding hydrogens is 574 g/mol. The number of carbonyl (C=O) groups excluding carboxylic acids is 1. The molecule has 11 heteroatoms. The zero-order valence-electron chi connectivity index (χ0n) is 24.8. The number of aromatic nitrogens is 3. The Morgan fingerprint density at radius 2 is 1.61 bits per heavy atom. The van der Waals surface area contributed by atoms with E-state index in [-0.39, 0.29) is 54.3 Å². The topological polar surface area (TPSA) is 140 Å². The van der Waals surface area contributed by atoms with Gasteiger partial charge >= 0.3 is 35.5 Å². The number of hydrogen-bond donors (Lipinski definition) is 5. The normalized spacial score (nSPS) is 13.3. The molecule has 2 aromatic heterocycles. The molecule has 0 fully saturated rings. The number of benzene rings is 2. The van der Waals surface area contributed by atoms with Crippen molar-refractivity contribution in [1.82, 2.24) is 20.1 Å². The number of aromatic amines is 1. The summed E-state index contributed by atoms with van der Waals surface area (Å²) in [6, 6.07) is 16.9. The molecule has 1 unspecified atom stereocenters. The molecule has 2 heterocycles. The number of nitrogens with zero attached hydrogens (tertiary/aromatic N) is 2. The molecule has 0 aliphatic carbocycles. The van der Waals surface area contributed by atoms with Gasteiger partial charge in [-0.3, -0.25) is 14.7 Å². The van der Waals surface area contributed by atoms with Crippen molar-refractivity contribution in [1.29, 1.82) is 0 Å². The first kappa shape index (κ1) is 35.2. The van der Waals surface area contributed by atoms with Gasteiger partial charge in [-0.1, -0.05) is 42.5 Å². The molecule has 0 aliphatic rings. The van der Waals surface area contributed by atoms with Crippen LogP contribution in [0.25, 0.3) is 22.3 Å². The van der Waals surface area contributed by atoms with Gasteiger partial charge in [-0.15, -0.1) is 0 Å². The summed E-state index contributed by atoms with van der Waals surface area (Å²) in [5, 5.41) is 40.2. The Kier molecular flexibility index (Phi) is 12.5. The number of H-pyrrole nitrogens is 1. The van der Waals surface area contributed by atoms with Gasteiger partial charge in [-0.05, 0) is 76.3 Å². The standard InChI is InChI=1S/C33H39FN4O5.Na.H/c1-19(2)38-28(15-14-25(39)17-26(40)18-29(41)42)30(23-10-12-24(34)13-11-23)31(22-8-6-5-7-9-22)32(38)33(43)35-21(4)27-16-20(3)36-37-27;;/h5-13,16,19,21,25-26,39-40H,14-15,17-18H2,1-4H3,(H,35,43)(H,36,37)(H,41,42);;/t21?,25-,26-;;/m1../s1. The van der Waals surface area contributed by atoms with Gasteiger partial charge < -0.3 is 25.2 Å². The van der Waals surface area contributed by atoms with Gasteiger partial charge in [-0.25, -0.2) is 4.39 Å². The van der Waals surface area contributed by atoms with Crippen molar-refractivity contribution in [3.63, 3.8) is 0 Å². The number of carbonyl (C=O) groups is 2. The number of nitrogens with one attached hydrogen (secondary N) is 2. The maximum absolute atomic E-state index is 14.2. The van der Waals surface area contributed by atoms with Crippen molar-refractivity contribution in [2.24, 2.45) is 0 Å². The van der Waals surface area contributed by atoms with Gasteiger partial charge in [0.05, 0.1) is 30.4 Å². The predicted octanol–water partition coefficient (Wildman–Crippen LogP) is 4.94. The number of carboxylic acid groups (broad SMARTS) is 1. The number of carboxylic acids is 1. The number of aliphatic hydroxyl groups excluding tert-OH is 2. The van der Waals surface area contributed by atoms with Crippen LogP contribution >= 0.6 is 0 Å². The zero-order valence-corrected chi connectivity index (χ0v) is 24.8. The van der Waals surface area contributed by atoms with Gasteiger partial charge in [0.1, 0.15) is 11.5 Å². The summed E-state index contributed by atoms with van der Waals surface area (Å²) in [5.74, 6) is -1.85. The third-order valence-electron chi connectivity index (χ3n) is 7.42. The van der Waals surface area contributed by atoms with E-state index in [1.54, 1.807) is 12.1 Å². The fourth-order valence-corrected chi connectivity index (χ4v) is 5.51. The minimum absolute atomic E-state index is 0. The van der Waals surface area contributed by atoms with Crippen molar-refractivity contribution in [3.8, 4) is 22.3 Å². The average Bonchev–Trinajstić information content (AvgIpc) is 3.54. The van der Waals surface area contributed by atoms with Crippen LogP contribution in [0.1, 0.15) is 79.7 Å². The summed E-state index contributed by atoms with van der Waals surface area (Å²) in [4.78, 5) is 25.2. The summed E-state index contributed by atoms with van der Waals surface area (Å²) in [6.45, 7) is 7.69. The van der Waals surface area contributed by atoms with Crippen LogP contribution in [0.3, 0.4) is 0 Å². The molecule has 1 amide bonds. The Bertz CT molecular complexity index is 1550. The molecule has 0 saturated heterocycles. The summed E-state index contributed by atoms with van der Waals surface area (Å²) >= 11 is 0. The Labute approximate surface area is 278 Å². The molecule has 4 aromatic rings. The second-order valence-corrected chi connectivity index (χ2v) is 11.2. The monoisotopic (exact) mass is 614 g/mol. The Morgan fingerprint density at radius 3 is 2.18 bits per heavy atom. The van der Waals surface area contributed by atoms with Crippen LogP contribution in [0.15, 0.2) is 60.7 Å². The molecule has 4 rings (SSSR count). The molecule has 0 bridgehead atoms. The van der Waals surface area contributed by atoms with Crippen LogP contribution < -0.4 is 5.32 Å². The second kappa shape index (κ2) is 15.6. The molecule has 9 nitrogen and oxygen atoms in total. The number of aliphatic carboxylic acids is 1. The summed E-state index contributed by atoms with van der Waals surface area (Å²) in [7, 11) is 0. The van der Waals surface area contributed by atoms with Gasteiger partial charge in [-0.2, -0.15) is 5.10 Å². The zero-order chi connectivity index (χ0) is 31.3. The van der Waals surface area contributed by atoms with E-state index < -0.39 is 36.5 Å². The number of rotatable bonds is 13. The summed E-state index contributed by atoms with van der Waals surface area (Å²) in [5.41, 5.74) is 5.69. The fraction of sp³-hybridized carbons (Fsp3) is 0.364. The predicted molar refractivity (Wildman–Crippen MR) is 169 cm³/mol. The van der Waals surface area contributed by atoms with Crippen LogP contribution in [0.4, 0.5) is 4.39 Å². The van der Waals surface area contributed by atoms with E-state index >= 15 is 0 Å². The van der Waals surface area contributed by atoms with Crippen molar-refractivity contribution < 1.29 is 29.3 Å². The quantitative estimate of drug-likeness (QED) is 0.135. The van der Waals surface area contributed by atoms with Gasteiger partial charge in [0.15, 0.2) is 0 Å². The average molecular weight is 615 g/mol. The Morgan fingerprint density at radius 1 is 0.977 bits per heavy atom. The van der Waals surface area contributed by atoms with Crippen LogP contribution in [0.2, 0.25) is 0 Å². The van der Waals surface area contributed by atoms with E-state index in [2.05, 4.69) is 15.5 Å². The minimum atomic E-state index is -1.19. The first-order chi connectivity index (χ1) is 20.5. The summed E-state index contributed by atoms with van der Waals surface area (Å²) in [6.07, 6.45) is -2.20. The van der Waals surface area contributed by atoms with Crippen LogP contribution in [0, 0.1) is 12.7 Å². The van der Waals surface area contributed by atoms with E-state index in [4.69, 9.17) is 5.11 Å². The molecule has 0 saturated carbocycles. The molecule has 230 valence electrons. The number of hydrogen-bond acceptors (Lipinski definition) is 5. The number of amides is 1. The molecule has 0 spiro atoms. The van der Waals surface area contributed by atoms with Gasteiger partial charge in [0.25, 0.3) is 5.91 Å². The molecule has 2 aromatic carbocycles. The Hall–Kier alpha value is -3.28. The first-order valence-electron chi connectivity index (χ1n) is 14.4. The van der Waals surface area contributed by atoms with Crippen LogP contribution in [0.5, 0.6) is 0 Å². The second-order valence-electron chi connectivity index (χ2n) is 11.2. The SMILES string of the molecule is Cc1cc(C(C)NC(=O)c2c(-c3ccccc3)c(-c3ccc(F)cc3)c(CC[C@@H](O)C[C@@H](O)CC(=O)O)n2C(C)C)n[nH]1.[NaH]. The third kappa shape index (κ3) is 8.46. The molecule has 3 atom stereocenters. The molecule has 5 N–H and O–H groups in total. The molecule has 0 radical (unpaired) electrons. The third-order valence-corrected chi connectivity index (χ3v) is 7.42. The van der Waals surface area contributed by atoms with E-state index in [1.807, 2.05) is 68.7 Å². The maximum atomic E-state index is 14.2. The number of aliphatic hydroxyl groups is 2. The summed E-state index contributed by atoms with van der Waals surface area (Å²) < 4.78 is 16.0. The van der Waals surface area contributed by atoms with E-state index in [0.29, 0.717) is 28.9 Å². The van der Waals surface area contributed by atoms with Crippen molar-refractivity contribution in [3.05, 3.63) is 89.3 Å². The van der Waals surface area contributed by atoms with E-state index in [0.717, 1.165) is 22.5 Å². The van der Waals surface area contributed by atoms with E-state index in [1.165, 1.54) is 12.1 Å². The van der Waals surface area contributed by atoms with Crippen molar-refractivity contribution in [2.75, 3.05) is 0 Å². The first-order valence-corrected chi connectivity index (χ1v) is 14.4. The fourth-order valence-electron chi connectivity index (χ4n) is 5.51. The Balaban J connectivity index is 0.00000529. The molecule has 44 heavy (non-hydrogen) atoms. The van der Waals surface area contributed by atoms with E-state index in [9.17, 15) is 24.2 Å². The van der Waals surface area contributed by atoms with Gasteiger partial charge in [0, 0.05) is 28.6 Å². The van der Waals surface area contributed by atoms with Crippen molar-refractivity contribution in [2.45, 2.75) is 77.7 Å². The number of halogens is 1.